The minimum Gasteiger partial charge on any atom is -0.439 e. The van der Waals surface area contributed by atoms with Crippen LogP contribution in [0.1, 0.15) is 71.6 Å². The van der Waals surface area contributed by atoms with Crippen molar-refractivity contribution in [3.63, 3.8) is 0 Å². The Morgan fingerprint density at radius 1 is 0.933 bits per heavy atom. The van der Waals surface area contributed by atoms with Gasteiger partial charge in [0.05, 0.1) is 0 Å². The first-order chi connectivity index (χ1) is 7.41. The van der Waals surface area contributed by atoms with E-state index in [1.807, 2.05) is 0 Å². The molecule has 0 saturated carbocycles. The average Bonchev–Trinajstić information content (AvgIpc) is 2.26. The lowest BCUT2D eigenvalue weighted by atomic mass is 10.1. The molecular weight excluding hydrogens is 184 g/mol. The van der Waals surface area contributed by atoms with Crippen LogP contribution >= 0.6 is 0 Å². The largest absolute Gasteiger partial charge is 0.439 e. The molecule has 0 atom stereocenters. The second-order valence-electron chi connectivity index (χ2n) is 3.87. The van der Waals surface area contributed by atoms with Crippen molar-refractivity contribution in [3.8, 4) is 12.0 Å². The van der Waals surface area contributed by atoms with Crippen molar-refractivity contribution in [3.05, 3.63) is 6.61 Å². The summed E-state index contributed by atoms with van der Waals surface area (Å²) in [4.78, 5) is 0. The molecule has 0 spiro atoms. The van der Waals surface area contributed by atoms with E-state index in [0.29, 0.717) is 0 Å². The summed E-state index contributed by atoms with van der Waals surface area (Å²) in [5, 5.41) is 0. The lowest BCUT2D eigenvalue weighted by Crippen LogP contribution is -1.79. The maximum Gasteiger partial charge on any atom is 0.148 e. The summed E-state index contributed by atoms with van der Waals surface area (Å²) in [6, 6.07) is 0. The summed E-state index contributed by atoms with van der Waals surface area (Å²) >= 11 is 0. The van der Waals surface area contributed by atoms with E-state index in [9.17, 15) is 0 Å². The molecule has 0 aromatic rings. The van der Waals surface area contributed by atoms with Gasteiger partial charge in [-0.1, -0.05) is 58.3 Å². The van der Waals surface area contributed by atoms with E-state index in [1.54, 1.807) is 6.61 Å². The zero-order chi connectivity index (χ0) is 11.2. The van der Waals surface area contributed by atoms with Crippen LogP contribution in [0.4, 0.5) is 0 Å². The molecule has 0 amide bonds. The number of ether oxygens (including phenoxy) is 1. The molecule has 15 heavy (non-hydrogen) atoms. The Morgan fingerprint density at radius 2 is 1.67 bits per heavy atom. The normalized spacial score (nSPS) is 9.47. The van der Waals surface area contributed by atoms with Gasteiger partial charge in [0, 0.05) is 6.42 Å². The molecule has 0 aliphatic heterocycles. The molecule has 0 unspecified atom stereocenters. The molecule has 1 heteroatoms. The van der Waals surface area contributed by atoms with Gasteiger partial charge in [-0.15, -0.1) is 0 Å². The highest BCUT2D eigenvalue weighted by molar-refractivity contribution is 4.91. The van der Waals surface area contributed by atoms with Crippen LogP contribution in [0.5, 0.6) is 0 Å². The van der Waals surface area contributed by atoms with E-state index in [4.69, 9.17) is 4.74 Å². The van der Waals surface area contributed by atoms with Gasteiger partial charge in [-0.25, -0.2) is 0 Å². The molecule has 1 nitrogen and oxygen atoms in total. The van der Waals surface area contributed by atoms with E-state index in [-0.39, 0.29) is 0 Å². The third-order valence-corrected chi connectivity index (χ3v) is 2.28. The standard InChI is InChI=1S/C14H25O/c1-3-5-7-8-9-10-11-12-14-15-13-6-4-2/h13H,3-11H2,1-2H3. The summed E-state index contributed by atoms with van der Waals surface area (Å²) in [6.45, 7) is 6.16. The molecular formula is C14H25O. The Balaban J connectivity index is 3.02. The van der Waals surface area contributed by atoms with Crippen molar-refractivity contribution in [1.82, 2.24) is 0 Å². The Kier molecular flexibility index (Phi) is 12.8. The van der Waals surface area contributed by atoms with Gasteiger partial charge in [0.25, 0.3) is 0 Å². The fourth-order valence-corrected chi connectivity index (χ4v) is 1.30. The summed E-state index contributed by atoms with van der Waals surface area (Å²) in [5.74, 6) is 3.03. The van der Waals surface area contributed by atoms with Crippen molar-refractivity contribution in [1.29, 1.82) is 0 Å². The van der Waals surface area contributed by atoms with Crippen LogP contribution in [0, 0.1) is 18.6 Å². The quantitative estimate of drug-likeness (QED) is 0.396. The Bertz CT molecular complexity index is 164. The van der Waals surface area contributed by atoms with Gasteiger partial charge < -0.3 is 4.74 Å². The van der Waals surface area contributed by atoms with E-state index in [1.165, 1.54) is 38.5 Å². The Labute approximate surface area is 95.6 Å². The molecule has 0 aliphatic carbocycles. The van der Waals surface area contributed by atoms with Crippen molar-refractivity contribution in [2.45, 2.75) is 71.6 Å². The zero-order valence-electron chi connectivity index (χ0n) is 10.3. The van der Waals surface area contributed by atoms with Gasteiger partial charge in [0.2, 0.25) is 0 Å². The van der Waals surface area contributed by atoms with Crippen LogP contribution in [0.15, 0.2) is 0 Å². The van der Waals surface area contributed by atoms with E-state index < -0.39 is 0 Å². The van der Waals surface area contributed by atoms with Gasteiger partial charge in [-0.3, -0.25) is 0 Å². The number of unbranched alkanes of at least 4 members (excludes halogenated alkanes) is 7. The number of hydrogen-bond donors (Lipinski definition) is 0. The van der Waals surface area contributed by atoms with E-state index in [0.717, 1.165) is 19.3 Å². The fraction of sp³-hybridized carbons (Fsp3) is 0.786. The van der Waals surface area contributed by atoms with Crippen molar-refractivity contribution in [2.24, 2.45) is 0 Å². The molecule has 0 N–H and O–H groups in total. The Hall–Kier alpha value is -0.640. The number of rotatable bonds is 9. The van der Waals surface area contributed by atoms with Gasteiger partial charge >= 0.3 is 0 Å². The second kappa shape index (κ2) is 13.4. The third-order valence-electron chi connectivity index (χ3n) is 2.28. The molecule has 0 aromatic carbocycles. The van der Waals surface area contributed by atoms with Gasteiger partial charge in [0.1, 0.15) is 12.7 Å². The maximum atomic E-state index is 5.03. The van der Waals surface area contributed by atoms with Crippen LogP contribution in [-0.4, -0.2) is 0 Å². The van der Waals surface area contributed by atoms with Gasteiger partial charge in [0.15, 0.2) is 0 Å². The minimum absolute atomic E-state index is 0.978. The molecule has 1 radical (unpaired) electrons. The highest BCUT2D eigenvalue weighted by Gasteiger charge is 1.88. The fourth-order valence-electron chi connectivity index (χ4n) is 1.30. The zero-order valence-corrected chi connectivity index (χ0v) is 10.3. The molecule has 0 heterocycles. The molecule has 0 aromatic heterocycles. The lowest BCUT2D eigenvalue weighted by Gasteiger charge is -1.96. The lowest BCUT2D eigenvalue weighted by molar-refractivity contribution is 0.350. The van der Waals surface area contributed by atoms with Crippen molar-refractivity contribution >= 4 is 0 Å². The number of hydrogen-bond acceptors (Lipinski definition) is 1. The summed E-state index contributed by atoms with van der Waals surface area (Å²) in [7, 11) is 0. The SMILES string of the molecule is CCC[CH]OC#CCCCCCCCC. The average molecular weight is 209 g/mol. The summed E-state index contributed by atoms with van der Waals surface area (Å²) < 4.78 is 5.03. The first-order valence-corrected chi connectivity index (χ1v) is 6.37. The highest BCUT2D eigenvalue weighted by Crippen LogP contribution is 2.06. The Morgan fingerprint density at radius 3 is 2.40 bits per heavy atom. The highest BCUT2D eigenvalue weighted by atomic mass is 16.5. The second-order valence-corrected chi connectivity index (χ2v) is 3.87. The van der Waals surface area contributed by atoms with E-state index in [2.05, 4.69) is 25.9 Å². The van der Waals surface area contributed by atoms with Gasteiger partial charge in [-0.05, 0) is 12.8 Å². The maximum absolute atomic E-state index is 5.03. The van der Waals surface area contributed by atoms with Crippen molar-refractivity contribution < 1.29 is 4.74 Å². The van der Waals surface area contributed by atoms with Gasteiger partial charge in [-0.2, -0.15) is 0 Å². The molecule has 0 bridgehead atoms. The smallest absolute Gasteiger partial charge is 0.148 e. The van der Waals surface area contributed by atoms with Crippen LogP contribution in [0.2, 0.25) is 0 Å². The minimum atomic E-state index is 0.978. The third kappa shape index (κ3) is 13.4. The topological polar surface area (TPSA) is 9.23 Å². The first-order valence-electron chi connectivity index (χ1n) is 6.37. The predicted molar refractivity (Wildman–Crippen MR) is 66.1 cm³/mol. The summed E-state index contributed by atoms with van der Waals surface area (Å²) in [5.41, 5.74) is 0. The molecule has 0 rings (SSSR count). The summed E-state index contributed by atoms with van der Waals surface area (Å²) in [6.07, 6.45) is 13.8. The molecule has 87 valence electrons. The van der Waals surface area contributed by atoms with E-state index >= 15 is 0 Å². The van der Waals surface area contributed by atoms with Crippen LogP contribution in [0.25, 0.3) is 0 Å². The molecule has 0 fully saturated rings. The van der Waals surface area contributed by atoms with Crippen LogP contribution < -0.4 is 0 Å². The molecule has 0 aliphatic rings. The monoisotopic (exact) mass is 209 g/mol. The molecule has 0 saturated heterocycles. The predicted octanol–water partition coefficient (Wildman–Crippen LogP) is 4.68. The van der Waals surface area contributed by atoms with Crippen LogP contribution in [0.3, 0.4) is 0 Å². The van der Waals surface area contributed by atoms with Crippen molar-refractivity contribution in [2.75, 3.05) is 0 Å². The van der Waals surface area contributed by atoms with Crippen LogP contribution in [-0.2, 0) is 4.74 Å². The first kappa shape index (κ1) is 14.4.